The number of benzene rings is 3. The summed E-state index contributed by atoms with van der Waals surface area (Å²) in [5.41, 5.74) is -0.286. The number of hydroxylamine groups is 2. The smallest absolute Gasteiger partial charge is 0.290 e. The Hall–Kier alpha value is -3.70. The molecule has 0 bridgehead atoms. The number of ketones is 1. The minimum Gasteiger partial charge on any atom is -0.372 e. The molecule has 1 atom stereocenters. The first kappa shape index (κ1) is 16.5. The lowest BCUT2D eigenvalue weighted by Gasteiger charge is -2.26. The SMILES string of the molecule is O=C(C1=C(c2ccccc2)ON2C(=O)c3ccccc3C12O)c1ccccc1. The van der Waals surface area contributed by atoms with E-state index in [4.69, 9.17) is 4.84 Å². The molecule has 28 heavy (non-hydrogen) atoms. The van der Waals surface area contributed by atoms with Gasteiger partial charge < -0.3 is 9.94 Å². The molecule has 3 aromatic carbocycles. The Kier molecular flexibility index (Phi) is 3.47. The number of hydrogen-bond donors (Lipinski definition) is 1. The average molecular weight is 369 g/mol. The summed E-state index contributed by atoms with van der Waals surface area (Å²) in [5, 5.41) is 12.6. The third-order valence-electron chi connectivity index (χ3n) is 5.07. The van der Waals surface area contributed by atoms with Crippen LogP contribution in [0.25, 0.3) is 5.76 Å². The van der Waals surface area contributed by atoms with Gasteiger partial charge in [-0.2, -0.15) is 0 Å². The molecule has 2 heterocycles. The summed E-state index contributed by atoms with van der Waals surface area (Å²) in [4.78, 5) is 32.1. The van der Waals surface area contributed by atoms with E-state index in [2.05, 4.69) is 0 Å². The maximum absolute atomic E-state index is 13.5. The average Bonchev–Trinajstić information content (AvgIpc) is 3.18. The lowest BCUT2D eigenvalue weighted by atomic mass is 9.87. The summed E-state index contributed by atoms with van der Waals surface area (Å²) in [6.07, 6.45) is 0. The molecule has 5 rings (SSSR count). The van der Waals surface area contributed by atoms with Crippen LogP contribution in [-0.4, -0.2) is 21.9 Å². The fraction of sp³-hybridized carbons (Fsp3) is 0.0435. The zero-order chi connectivity index (χ0) is 19.3. The van der Waals surface area contributed by atoms with E-state index in [9.17, 15) is 14.7 Å². The van der Waals surface area contributed by atoms with Crippen LogP contribution in [0, 0.1) is 0 Å². The Balaban J connectivity index is 1.79. The first-order valence-corrected chi connectivity index (χ1v) is 8.86. The van der Waals surface area contributed by atoms with Gasteiger partial charge in [-0.1, -0.05) is 78.9 Å². The van der Waals surface area contributed by atoms with Crippen molar-refractivity contribution in [1.82, 2.24) is 5.06 Å². The fourth-order valence-corrected chi connectivity index (χ4v) is 3.76. The highest BCUT2D eigenvalue weighted by atomic mass is 16.7. The van der Waals surface area contributed by atoms with Gasteiger partial charge in [0.1, 0.15) is 5.57 Å². The molecule has 2 aliphatic heterocycles. The minimum atomic E-state index is -1.98. The summed E-state index contributed by atoms with van der Waals surface area (Å²) in [5.74, 6) is -0.698. The zero-order valence-corrected chi connectivity index (χ0v) is 14.7. The Morgan fingerprint density at radius 1 is 0.857 bits per heavy atom. The summed E-state index contributed by atoms with van der Waals surface area (Å²) in [7, 11) is 0. The quantitative estimate of drug-likeness (QED) is 0.718. The Morgan fingerprint density at radius 2 is 1.46 bits per heavy atom. The molecule has 5 nitrogen and oxygen atoms in total. The van der Waals surface area contributed by atoms with Crippen molar-refractivity contribution in [3.8, 4) is 0 Å². The normalized spacial score (nSPS) is 20.0. The maximum Gasteiger partial charge on any atom is 0.290 e. The largest absolute Gasteiger partial charge is 0.372 e. The summed E-state index contributed by atoms with van der Waals surface area (Å²) < 4.78 is 0. The zero-order valence-electron chi connectivity index (χ0n) is 14.7. The first-order valence-electron chi connectivity index (χ1n) is 8.86. The number of carbonyl (C=O) groups is 2. The molecule has 3 aromatic rings. The van der Waals surface area contributed by atoms with Crippen molar-refractivity contribution in [2.45, 2.75) is 5.72 Å². The first-order chi connectivity index (χ1) is 13.6. The second-order valence-corrected chi connectivity index (χ2v) is 6.67. The standard InChI is InChI=1S/C23H15NO4/c25-20(15-9-3-1-4-10-15)19-21(16-11-5-2-6-12-16)28-24-22(26)17-13-7-8-14-18(17)23(19,24)27/h1-14,27H. The monoisotopic (exact) mass is 369 g/mol. The van der Waals surface area contributed by atoms with E-state index in [0.717, 1.165) is 5.06 Å². The van der Waals surface area contributed by atoms with Gasteiger partial charge in [0.05, 0.1) is 5.56 Å². The van der Waals surface area contributed by atoms with Crippen LogP contribution in [0.3, 0.4) is 0 Å². The van der Waals surface area contributed by atoms with Crippen LogP contribution >= 0.6 is 0 Å². The Labute approximate surface area is 161 Å². The molecule has 136 valence electrons. The van der Waals surface area contributed by atoms with Crippen LogP contribution < -0.4 is 0 Å². The number of fused-ring (bicyclic) bond motifs is 3. The second kappa shape index (κ2) is 5.90. The number of rotatable bonds is 3. The number of Topliss-reactive ketones (excluding diaryl/α,β-unsaturated/α-hetero) is 1. The fourth-order valence-electron chi connectivity index (χ4n) is 3.76. The molecule has 1 N–H and O–H groups in total. The van der Waals surface area contributed by atoms with Crippen LogP contribution in [0.5, 0.6) is 0 Å². The molecular weight excluding hydrogens is 354 g/mol. The highest BCUT2D eigenvalue weighted by Gasteiger charge is 2.61. The molecule has 0 aromatic heterocycles. The van der Waals surface area contributed by atoms with Gasteiger partial charge in [0, 0.05) is 16.7 Å². The molecule has 2 aliphatic rings. The Morgan fingerprint density at radius 3 is 2.18 bits per heavy atom. The van der Waals surface area contributed by atoms with Gasteiger partial charge >= 0.3 is 0 Å². The predicted octanol–water partition coefficient (Wildman–Crippen LogP) is 3.53. The topological polar surface area (TPSA) is 66.8 Å². The lowest BCUT2D eigenvalue weighted by molar-refractivity contribution is -0.177. The summed E-state index contributed by atoms with van der Waals surface area (Å²) in [6, 6.07) is 24.3. The van der Waals surface area contributed by atoms with E-state index in [-0.39, 0.29) is 11.3 Å². The number of amides is 1. The van der Waals surface area contributed by atoms with Gasteiger partial charge in [0.15, 0.2) is 11.5 Å². The van der Waals surface area contributed by atoms with Crippen molar-refractivity contribution >= 4 is 17.4 Å². The number of aliphatic hydroxyl groups is 1. The third-order valence-corrected chi connectivity index (χ3v) is 5.07. The molecule has 1 unspecified atom stereocenters. The van der Waals surface area contributed by atoms with Crippen LogP contribution in [0.4, 0.5) is 0 Å². The number of hydrogen-bond acceptors (Lipinski definition) is 4. The van der Waals surface area contributed by atoms with Gasteiger partial charge in [0.25, 0.3) is 5.91 Å². The van der Waals surface area contributed by atoms with E-state index in [0.29, 0.717) is 22.3 Å². The van der Waals surface area contributed by atoms with Crippen LogP contribution in [0.2, 0.25) is 0 Å². The van der Waals surface area contributed by atoms with Crippen molar-refractivity contribution in [1.29, 1.82) is 0 Å². The van der Waals surface area contributed by atoms with E-state index in [1.807, 2.05) is 12.1 Å². The van der Waals surface area contributed by atoms with E-state index in [1.165, 1.54) is 0 Å². The van der Waals surface area contributed by atoms with E-state index < -0.39 is 17.4 Å². The van der Waals surface area contributed by atoms with Gasteiger partial charge in [-0.25, -0.2) is 0 Å². The predicted molar refractivity (Wildman–Crippen MR) is 102 cm³/mol. The highest BCUT2D eigenvalue weighted by molar-refractivity contribution is 6.16. The van der Waals surface area contributed by atoms with Crippen LogP contribution in [-0.2, 0) is 10.6 Å². The molecule has 0 aliphatic carbocycles. The summed E-state index contributed by atoms with van der Waals surface area (Å²) in [6.45, 7) is 0. The van der Waals surface area contributed by atoms with Crippen molar-refractivity contribution < 1.29 is 19.5 Å². The van der Waals surface area contributed by atoms with Crippen molar-refractivity contribution in [2.75, 3.05) is 0 Å². The van der Waals surface area contributed by atoms with Crippen molar-refractivity contribution in [3.63, 3.8) is 0 Å². The minimum absolute atomic E-state index is 0.0307. The Bertz CT molecular complexity index is 1140. The molecule has 0 spiro atoms. The van der Waals surface area contributed by atoms with Gasteiger partial charge in [-0.15, -0.1) is 5.06 Å². The van der Waals surface area contributed by atoms with Gasteiger partial charge in [0.2, 0.25) is 5.72 Å². The molecule has 0 fully saturated rings. The second-order valence-electron chi connectivity index (χ2n) is 6.67. The highest BCUT2D eigenvalue weighted by Crippen LogP contribution is 2.51. The maximum atomic E-state index is 13.5. The van der Waals surface area contributed by atoms with Gasteiger partial charge in [-0.05, 0) is 6.07 Å². The van der Waals surface area contributed by atoms with E-state index >= 15 is 0 Å². The third kappa shape index (κ3) is 2.11. The lowest BCUT2D eigenvalue weighted by Crippen LogP contribution is -2.41. The molecule has 1 amide bonds. The number of carbonyl (C=O) groups excluding carboxylic acids is 2. The van der Waals surface area contributed by atoms with Crippen LogP contribution in [0.1, 0.15) is 31.8 Å². The molecule has 0 saturated carbocycles. The van der Waals surface area contributed by atoms with Gasteiger partial charge in [-0.3, -0.25) is 9.59 Å². The van der Waals surface area contributed by atoms with Crippen molar-refractivity contribution in [3.05, 3.63) is 113 Å². The molecule has 0 saturated heterocycles. The molecule has 0 radical (unpaired) electrons. The van der Waals surface area contributed by atoms with Crippen LogP contribution in [0.15, 0.2) is 90.5 Å². The summed E-state index contributed by atoms with van der Waals surface area (Å²) >= 11 is 0. The molecular formula is C23H15NO4. The molecule has 5 heteroatoms. The van der Waals surface area contributed by atoms with E-state index in [1.54, 1.807) is 72.8 Å². The number of nitrogens with zero attached hydrogens (tertiary/aromatic N) is 1. The van der Waals surface area contributed by atoms with Crippen molar-refractivity contribution in [2.24, 2.45) is 0 Å².